The smallest absolute Gasteiger partial charge is 0.339 e. The molecule has 1 aromatic rings. The Morgan fingerprint density at radius 3 is 2.60 bits per heavy atom. The normalized spacial score (nSPS) is 10.0. The maximum absolute atomic E-state index is 13.1. The van der Waals surface area contributed by atoms with Crippen LogP contribution in [0.5, 0.6) is 0 Å². The Hall–Kier alpha value is -1.50. The summed E-state index contributed by atoms with van der Waals surface area (Å²) < 4.78 is 13.1. The third kappa shape index (κ3) is 2.12. The summed E-state index contributed by atoms with van der Waals surface area (Å²) in [5.74, 6) is -2.51. The molecule has 5 nitrogen and oxygen atoms in total. The molecule has 15 heavy (non-hydrogen) atoms. The summed E-state index contributed by atoms with van der Waals surface area (Å²) in [7, 11) is 0. The predicted molar refractivity (Wildman–Crippen MR) is 52.6 cm³/mol. The molecule has 0 spiro atoms. The summed E-state index contributed by atoms with van der Waals surface area (Å²) in [5, 5.41) is 19.1. The first kappa shape index (κ1) is 11.6. The van der Waals surface area contributed by atoms with Crippen molar-refractivity contribution in [2.24, 2.45) is 0 Å². The second-order valence-electron chi connectivity index (χ2n) is 2.62. The van der Waals surface area contributed by atoms with Gasteiger partial charge >= 0.3 is 5.97 Å². The van der Waals surface area contributed by atoms with Crippen LogP contribution in [0, 0.1) is 15.9 Å². The number of rotatable bonds is 3. The standard InChI is InChI=1S/C8H5BrFNO4/c9-3-4-6(11(14)15)2-1-5(10)7(4)8(12)13/h1-2H,3H2,(H,12,13). The molecular formula is C8H5BrFNO4. The van der Waals surface area contributed by atoms with E-state index in [1.54, 1.807) is 0 Å². The van der Waals surface area contributed by atoms with Gasteiger partial charge in [0.2, 0.25) is 0 Å². The van der Waals surface area contributed by atoms with Crippen molar-refractivity contribution in [2.75, 3.05) is 0 Å². The molecule has 1 aromatic carbocycles. The fourth-order valence-corrected chi connectivity index (χ4v) is 1.71. The molecule has 80 valence electrons. The van der Waals surface area contributed by atoms with Gasteiger partial charge in [-0.25, -0.2) is 9.18 Å². The van der Waals surface area contributed by atoms with E-state index in [0.717, 1.165) is 12.1 Å². The highest BCUT2D eigenvalue weighted by Gasteiger charge is 2.24. The largest absolute Gasteiger partial charge is 0.478 e. The fourth-order valence-electron chi connectivity index (χ4n) is 1.15. The topological polar surface area (TPSA) is 80.4 Å². The number of alkyl halides is 1. The second-order valence-corrected chi connectivity index (χ2v) is 3.18. The van der Waals surface area contributed by atoms with E-state index in [9.17, 15) is 19.3 Å². The van der Waals surface area contributed by atoms with Crippen LogP contribution in [0.2, 0.25) is 0 Å². The van der Waals surface area contributed by atoms with Gasteiger partial charge in [0.05, 0.1) is 10.5 Å². The van der Waals surface area contributed by atoms with Crippen LogP contribution in [0.1, 0.15) is 15.9 Å². The number of nitro groups is 1. The third-order valence-corrected chi connectivity index (χ3v) is 2.34. The summed E-state index contributed by atoms with van der Waals surface area (Å²) in [6.45, 7) is 0. The fraction of sp³-hybridized carbons (Fsp3) is 0.125. The van der Waals surface area contributed by atoms with E-state index in [2.05, 4.69) is 15.9 Å². The number of halogens is 2. The van der Waals surface area contributed by atoms with Gasteiger partial charge in [0, 0.05) is 11.4 Å². The highest BCUT2D eigenvalue weighted by Crippen LogP contribution is 2.26. The lowest BCUT2D eigenvalue weighted by Crippen LogP contribution is -2.07. The van der Waals surface area contributed by atoms with Gasteiger partial charge in [0.15, 0.2) is 0 Å². The molecule has 0 aromatic heterocycles. The maximum Gasteiger partial charge on any atom is 0.339 e. The molecule has 0 unspecified atom stereocenters. The molecule has 7 heteroatoms. The Labute approximate surface area is 91.8 Å². The van der Waals surface area contributed by atoms with E-state index in [1.165, 1.54) is 0 Å². The van der Waals surface area contributed by atoms with E-state index in [1.807, 2.05) is 0 Å². The van der Waals surface area contributed by atoms with Gasteiger partial charge in [0.25, 0.3) is 5.69 Å². The van der Waals surface area contributed by atoms with Gasteiger partial charge < -0.3 is 5.11 Å². The van der Waals surface area contributed by atoms with Crippen LogP contribution in [0.25, 0.3) is 0 Å². The quantitative estimate of drug-likeness (QED) is 0.522. The number of hydrogen-bond acceptors (Lipinski definition) is 3. The molecule has 0 aliphatic heterocycles. The lowest BCUT2D eigenvalue weighted by Gasteiger charge is -2.04. The third-order valence-electron chi connectivity index (χ3n) is 1.78. The van der Waals surface area contributed by atoms with Crippen molar-refractivity contribution in [2.45, 2.75) is 5.33 Å². The molecule has 0 atom stereocenters. The second kappa shape index (κ2) is 4.35. The van der Waals surface area contributed by atoms with E-state index < -0.39 is 28.0 Å². The number of carboxylic acid groups (broad SMARTS) is 1. The highest BCUT2D eigenvalue weighted by atomic mass is 79.9. The Morgan fingerprint density at radius 2 is 2.20 bits per heavy atom. The molecule has 0 radical (unpaired) electrons. The summed E-state index contributed by atoms with van der Waals surface area (Å²) in [4.78, 5) is 20.5. The first-order valence-electron chi connectivity index (χ1n) is 3.74. The number of aromatic carboxylic acids is 1. The lowest BCUT2D eigenvalue weighted by molar-refractivity contribution is -0.385. The molecule has 0 saturated carbocycles. The van der Waals surface area contributed by atoms with Gasteiger partial charge in [-0.1, -0.05) is 15.9 Å². The van der Waals surface area contributed by atoms with Crippen LogP contribution in [0.3, 0.4) is 0 Å². The number of carbonyl (C=O) groups is 1. The summed E-state index contributed by atoms with van der Waals surface area (Å²) >= 11 is 2.90. The minimum Gasteiger partial charge on any atom is -0.478 e. The Balaban J connectivity index is 3.54. The van der Waals surface area contributed by atoms with Crippen molar-refractivity contribution in [1.82, 2.24) is 0 Å². The molecule has 0 fully saturated rings. The van der Waals surface area contributed by atoms with E-state index in [4.69, 9.17) is 5.11 Å². The number of benzene rings is 1. The van der Waals surface area contributed by atoms with Crippen LogP contribution < -0.4 is 0 Å². The molecule has 0 aliphatic rings. The zero-order chi connectivity index (χ0) is 11.6. The van der Waals surface area contributed by atoms with Crippen molar-refractivity contribution in [1.29, 1.82) is 0 Å². The molecule has 0 amide bonds. The minimum absolute atomic E-state index is 0.0945. The lowest BCUT2D eigenvalue weighted by atomic mass is 10.1. The first-order valence-corrected chi connectivity index (χ1v) is 4.86. The average molecular weight is 278 g/mol. The Kier molecular flexibility index (Phi) is 3.35. The number of nitrogens with zero attached hydrogens (tertiary/aromatic N) is 1. The van der Waals surface area contributed by atoms with Gasteiger partial charge in [0.1, 0.15) is 11.4 Å². The monoisotopic (exact) mass is 277 g/mol. The summed E-state index contributed by atoms with van der Waals surface area (Å²) in [6, 6.07) is 1.71. The molecule has 0 saturated heterocycles. The van der Waals surface area contributed by atoms with Crippen molar-refractivity contribution in [3.63, 3.8) is 0 Å². The SMILES string of the molecule is O=C(O)c1c(F)ccc([N+](=O)[O-])c1CBr. The molecule has 0 heterocycles. The van der Waals surface area contributed by atoms with Crippen LogP contribution in [0.4, 0.5) is 10.1 Å². The van der Waals surface area contributed by atoms with Crippen LogP contribution in [-0.2, 0) is 5.33 Å². The number of carboxylic acids is 1. The highest BCUT2D eigenvalue weighted by molar-refractivity contribution is 9.08. The first-order chi connectivity index (χ1) is 6.99. The van der Waals surface area contributed by atoms with E-state index >= 15 is 0 Å². The Morgan fingerprint density at radius 1 is 1.60 bits per heavy atom. The van der Waals surface area contributed by atoms with E-state index in [0.29, 0.717) is 0 Å². The molecule has 0 bridgehead atoms. The molecule has 1 rings (SSSR count). The van der Waals surface area contributed by atoms with Crippen molar-refractivity contribution >= 4 is 27.6 Å². The summed E-state index contributed by atoms with van der Waals surface area (Å²) in [6.07, 6.45) is 0. The maximum atomic E-state index is 13.1. The minimum atomic E-state index is -1.52. The van der Waals surface area contributed by atoms with Crippen molar-refractivity contribution in [3.8, 4) is 0 Å². The van der Waals surface area contributed by atoms with E-state index in [-0.39, 0.29) is 10.9 Å². The van der Waals surface area contributed by atoms with Crippen LogP contribution in [0.15, 0.2) is 12.1 Å². The van der Waals surface area contributed by atoms with Crippen molar-refractivity contribution < 1.29 is 19.2 Å². The zero-order valence-corrected chi connectivity index (χ0v) is 8.82. The van der Waals surface area contributed by atoms with Crippen LogP contribution in [-0.4, -0.2) is 16.0 Å². The zero-order valence-electron chi connectivity index (χ0n) is 7.24. The number of hydrogen-bond donors (Lipinski definition) is 1. The molecule has 1 N–H and O–H groups in total. The number of nitro benzene ring substituents is 1. The molecular weight excluding hydrogens is 273 g/mol. The van der Waals surface area contributed by atoms with Gasteiger partial charge in [-0.15, -0.1) is 0 Å². The predicted octanol–water partition coefficient (Wildman–Crippen LogP) is 2.33. The van der Waals surface area contributed by atoms with Crippen molar-refractivity contribution in [3.05, 3.63) is 39.2 Å². The van der Waals surface area contributed by atoms with Gasteiger partial charge in [-0.3, -0.25) is 10.1 Å². The average Bonchev–Trinajstić information content (AvgIpc) is 2.15. The molecule has 0 aliphatic carbocycles. The van der Waals surface area contributed by atoms with Gasteiger partial charge in [-0.05, 0) is 6.07 Å². The van der Waals surface area contributed by atoms with Gasteiger partial charge in [-0.2, -0.15) is 0 Å². The van der Waals surface area contributed by atoms with Crippen LogP contribution >= 0.6 is 15.9 Å². The Bertz CT molecular complexity index is 435. The summed E-state index contributed by atoms with van der Waals surface area (Å²) in [5.41, 5.74) is -1.25.